The fourth-order valence-electron chi connectivity index (χ4n) is 2.14. The number of carbonyl (C=O) groups excluding carboxylic acids is 1. The average molecular weight is 364 g/mol. The van der Waals surface area contributed by atoms with E-state index < -0.39 is 10.0 Å². The van der Waals surface area contributed by atoms with Crippen molar-refractivity contribution >= 4 is 28.3 Å². The van der Waals surface area contributed by atoms with Crippen LogP contribution in [0.3, 0.4) is 0 Å². The number of rotatable bonds is 7. The van der Waals surface area contributed by atoms with Crippen LogP contribution in [0, 0.1) is 5.92 Å². The van der Waals surface area contributed by atoms with Gasteiger partial charge >= 0.3 is 0 Å². The van der Waals surface area contributed by atoms with E-state index in [-0.39, 0.29) is 40.6 Å². The molecule has 2 rings (SSSR count). The van der Waals surface area contributed by atoms with Crippen LogP contribution in [0.5, 0.6) is 5.75 Å². The first-order chi connectivity index (χ1) is 10.4. The van der Waals surface area contributed by atoms with Crippen molar-refractivity contribution in [2.75, 3.05) is 20.7 Å². The lowest BCUT2D eigenvalue weighted by molar-refractivity contribution is 0.0950. The van der Waals surface area contributed by atoms with Crippen LogP contribution < -0.4 is 20.5 Å². The lowest BCUT2D eigenvalue weighted by Gasteiger charge is -2.13. The minimum Gasteiger partial charge on any atom is -0.495 e. The van der Waals surface area contributed by atoms with Gasteiger partial charge in [0, 0.05) is 18.2 Å². The van der Waals surface area contributed by atoms with Crippen molar-refractivity contribution < 1.29 is 17.9 Å². The van der Waals surface area contributed by atoms with Crippen LogP contribution in [0.2, 0.25) is 0 Å². The van der Waals surface area contributed by atoms with Crippen molar-refractivity contribution in [3.63, 3.8) is 0 Å². The third kappa shape index (κ3) is 4.81. The highest BCUT2D eigenvalue weighted by Crippen LogP contribution is 2.31. The van der Waals surface area contributed by atoms with E-state index in [9.17, 15) is 13.2 Å². The predicted octanol–water partition coefficient (Wildman–Crippen LogP) is 0.492. The number of nitrogens with two attached hydrogens (primary N) is 1. The van der Waals surface area contributed by atoms with Gasteiger partial charge in [-0.05, 0) is 44.0 Å². The Hall–Kier alpha value is -1.35. The lowest BCUT2D eigenvalue weighted by atomic mass is 10.1. The van der Waals surface area contributed by atoms with Gasteiger partial charge in [-0.25, -0.2) is 13.1 Å². The smallest absolute Gasteiger partial charge is 0.251 e. The molecule has 4 N–H and O–H groups in total. The van der Waals surface area contributed by atoms with E-state index in [0.717, 1.165) is 12.8 Å². The highest BCUT2D eigenvalue weighted by Gasteiger charge is 2.28. The molecule has 1 aliphatic rings. The van der Waals surface area contributed by atoms with Crippen LogP contribution in [0.4, 0.5) is 0 Å². The Morgan fingerprint density at radius 2 is 2.09 bits per heavy atom. The van der Waals surface area contributed by atoms with Crippen LogP contribution in [0.15, 0.2) is 23.1 Å². The highest BCUT2D eigenvalue weighted by molar-refractivity contribution is 7.89. The Labute approximate surface area is 142 Å². The number of halogens is 1. The third-order valence-corrected chi connectivity index (χ3v) is 5.15. The number of hydrogen-bond donors (Lipinski definition) is 3. The second-order valence-electron chi connectivity index (χ2n) is 5.28. The molecule has 0 aliphatic heterocycles. The molecule has 130 valence electrons. The normalized spacial score (nSPS) is 15.4. The molecule has 0 aromatic heterocycles. The molecule has 0 radical (unpaired) electrons. The summed E-state index contributed by atoms with van der Waals surface area (Å²) in [5.41, 5.74) is 6.18. The Bertz CT molecular complexity index is 662. The van der Waals surface area contributed by atoms with Crippen molar-refractivity contribution in [3.05, 3.63) is 23.8 Å². The number of sulfonamides is 1. The van der Waals surface area contributed by atoms with Gasteiger partial charge in [0.2, 0.25) is 10.0 Å². The van der Waals surface area contributed by atoms with Gasteiger partial charge in [0.15, 0.2) is 0 Å². The summed E-state index contributed by atoms with van der Waals surface area (Å²) in [4.78, 5) is 12.1. The number of methoxy groups -OCH3 is 1. The van der Waals surface area contributed by atoms with Crippen LogP contribution in [-0.2, 0) is 10.0 Å². The molecule has 0 spiro atoms. The zero-order valence-corrected chi connectivity index (χ0v) is 14.7. The van der Waals surface area contributed by atoms with Gasteiger partial charge in [-0.15, -0.1) is 12.4 Å². The first kappa shape index (κ1) is 19.7. The van der Waals surface area contributed by atoms with E-state index in [0.29, 0.717) is 12.5 Å². The number of ether oxygens (including phenoxy) is 1. The largest absolute Gasteiger partial charge is 0.495 e. The molecule has 1 aromatic carbocycles. The highest BCUT2D eigenvalue weighted by atomic mass is 35.5. The number of hydrogen-bond acceptors (Lipinski definition) is 5. The zero-order valence-electron chi connectivity index (χ0n) is 13.0. The average Bonchev–Trinajstić information content (AvgIpc) is 3.36. The van der Waals surface area contributed by atoms with Gasteiger partial charge in [-0.1, -0.05) is 0 Å². The van der Waals surface area contributed by atoms with Crippen LogP contribution >= 0.6 is 12.4 Å². The Balaban J connectivity index is 0.00000264. The van der Waals surface area contributed by atoms with Gasteiger partial charge in [0.1, 0.15) is 10.6 Å². The van der Waals surface area contributed by atoms with Crippen molar-refractivity contribution in [1.29, 1.82) is 0 Å². The lowest BCUT2D eigenvalue weighted by Crippen LogP contribution is -2.38. The van der Waals surface area contributed by atoms with Crippen molar-refractivity contribution in [2.24, 2.45) is 11.7 Å². The van der Waals surface area contributed by atoms with Crippen LogP contribution in [-0.4, -0.2) is 41.1 Å². The molecule has 1 saturated carbocycles. The number of nitrogens with one attached hydrogen (secondary N) is 2. The fourth-order valence-corrected chi connectivity index (χ4v) is 3.06. The summed E-state index contributed by atoms with van der Waals surface area (Å²) in [6.45, 7) is 0.379. The molecule has 1 unspecified atom stereocenters. The number of benzene rings is 1. The fraction of sp³-hybridized carbons (Fsp3) is 0.500. The Morgan fingerprint density at radius 1 is 1.43 bits per heavy atom. The number of carbonyl (C=O) groups is 1. The summed E-state index contributed by atoms with van der Waals surface area (Å²) >= 11 is 0. The minimum absolute atomic E-state index is 0. The Kier molecular flexibility index (Phi) is 6.82. The molecule has 1 amide bonds. The van der Waals surface area contributed by atoms with Gasteiger partial charge in [-0.2, -0.15) is 0 Å². The standard InChI is InChI=1S/C14H21N3O4S.ClH/c1-16-22(19,20)13-7-10(5-6-12(13)21-2)14(18)17-8-11(15)9-3-4-9;/h5-7,9,11,16H,3-4,8,15H2,1-2H3,(H,17,18);1H. The topological polar surface area (TPSA) is 111 Å². The minimum atomic E-state index is -3.71. The summed E-state index contributed by atoms with van der Waals surface area (Å²) in [7, 11) is -1.04. The SMILES string of the molecule is CNS(=O)(=O)c1cc(C(=O)NCC(N)C2CC2)ccc1OC.Cl. The first-order valence-electron chi connectivity index (χ1n) is 7.04. The van der Waals surface area contributed by atoms with E-state index in [1.807, 2.05) is 0 Å². The molecule has 9 heteroatoms. The molecule has 1 aromatic rings. The zero-order chi connectivity index (χ0) is 16.3. The first-order valence-corrected chi connectivity index (χ1v) is 8.52. The monoisotopic (exact) mass is 363 g/mol. The molecule has 1 aliphatic carbocycles. The Morgan fingerprint density at radius 3 is 2.61 bits per heavy atom. The van der Waals surface area contributed by atoms with Gasteiger partial charge < -0.3 is 15.8 Å². The van der Waals surface area contributed by atoms with E-state index in [2.05, 4.69) is 10.0 Å². The summed E-state index contributed by atoms with van der Waals surface area (Å²) < 4.78 is 31.2. The summed E-state index contributed by atoms with van der Waals surface area (Å²) in [5.74, 6) is 0.309. The van der Waals surface area contributed by atoms with Gasteiger partial charge in [0.05, 0.1) is 7.11 Å². The molecule has 0 heterocycles. The number of amides is 1. The predicted molar refractivity (Wildman–Crippen MR) is 89.5 cm³/mol. The molecule has 7 nitrogen and oxygen atoms in total. The third-order valence-electron chi connectivity index (χ3n) is 3.71. The van der Waals surface area contributed by atoms with E-state index in [1.165, 1.54) is 32.4 Å². The van der Waals surface area contributed by atoms with Crippen molar-refractivity contribution in [1.82, 2.24) is 10.0 Å². The van der Waals surface area contributed by atoms with E-state index in [1.54, 1.807) is 0 Å². The molecular weight excluding hydrogens is 342 g/mol. The molecular formula is C14H22ClN3O4S. The molecule has 23 heavy (non-hydrogen) atoms. The molecule has 1 fully saturated rings. The summed E-state index contributed by atoms with van der Waals surface area (Å²) in [6, 6.07) is 4.22. The molecule has 0 bridgehead atoms. The van der Waals surface area contributed by atoms with Crippen molar-refractivity contribution in [2.45, 2.75) is 23.8 Å². The maximum absolute atomic E-state index is 12.1. The maximum Gasteiger partial charge on any atom is 0.251 e. The van der Waals surface area contributed by atoms with E-state index in [4.69, 9.17) is 10.5 Å². The van der Waals surface area contributed by atoms with Crippen LogP contribution in [0.1, 0.15) is 23.2 Å². The second-order valence-corrected chi connectivity index (χ2v) is 7.14. The van der Waals surface area contributed by atoms with Crippen LogP contribution in [0.25, 0.3) is 0 Å². The summed E-state index contributed by atoms with van der Waals surface area (Å²) in [5, 5.41) is 2.73. The van der Waals surface area contributed by atoms with Crippen molar-refractivity contribution in [3.8, 4) is 5.75 Å². The molecule has 1 atom stereocenters. The van der Waals surface area contributed by atoms with Gasteiger partial charge in [-0.3, -0.25) is 4.79 Å². The van der Waals surface area contributed by atoms with E-state index >= 15 is 0 Å². The molecule has 0 saturated heterocycles. The summed E-state index contributed by atoms with van der Waals surface area (Å²) in [6.07, 6.45) is 2.20. The quantitative estimate of drug-likeness (QED) is 0.653. The second kappa shape index (κ2) is 7.96. The van der Waals surface area contributed by atoms with Gasteiger partial charge in [0.25, 0.3) is 5.91 Å². The maximum atomic E-state index is 12.1.